The van der Waals surface area contributed by atoms with Crippen LogP contribution in [-0.2, 0) is 0 Å². The van der Waals surface area contributed by atoms with E-state index in [1.54, 1.807) is 0 Å². The largest absolute Gasteiger partial charge is 0.373 e. The Morgan fingerprint density at radius 2 is 2.18 bits per heavy atom. The van der Waals surface area contributed by atoms with Gasteiger partial charge in [-0.1, -0.05) is 24.6 Å². The molecule has 2 N–H and O–H groups in total. The summed E-state index contributed by atoms with van der Waals surface area (Å²) < 4.78 is 0. The van der Waals surface area contributed by atoms with E-state index in [0.29, 0.717) is 0 Å². The van der Waals surface area contributed by atoms with E-state index in [1.807, 2.05) is 13.0 Å². The molecule has 1 fully saturated rings. The first-order valence-corrected chi connectivity index (χ1v) is 6.63. The second-order valence-corrected chi connectivity index (χ2v) is 5.76. The topological polar surface area (TPSA) is 29.3 Å². The highest BCUT2D eigenvalue weighted by atomic mass is 35.5. The van der Waals surface area contributed by atoms with Crippen molar-refractivity contribution in [2.75, 3.05) is 18.5 Å². The molecule has 3 heteroatoms. The Balaban J connectivity index is 2.09. The maximum Gasteiger partial charge on any atom is 0.0642 e. The van der Waals surface area contributed by atoms with Crippen molar-refractivity contribution in [3.63, 3.8) is 0 Å². The Morgan fingerprint density at radius 1 is 1.53 bits per heavy atom. The van der Waals surface area contributed by atoms with Gasteiger partial charge in [-0.2, -0.15) is 0 Å². The lowest BCUT2D eigenvalue weighted by Gasteiger charge is -2.21. The molecular formula is C14H21ClN2. The molecule has 94 valence electrons. The van der Waals surface area contributed by atoms with Crippen LogP contribution in [0.1, 0.15) is 31.9 Å². The van der Waals surface area contributed by atoms with E-state index >= 15 is 0 Å². The van der Waals surface area contributed by atoms with Crippen LogP contribution in [0.25, 0.3) is 0 Å². The van der Waals surface area contributed by atoms with E-state index < -0.39 is 0 Å². The summed E-state index contributed by atoms with van der Waals surface area (Å²) >= 11 is 6.31. The lowest BCUT2D eigenvalue weighted by molar-refractivity contribution is 0.725. The Morgan fingerprint density at radius 3 is 2.65 bits per heavy atom. The monoisotopic (exact) mass is 252 g/mol. The molecule has 1 aliphatic carbocycles. The molecule has 2 nitrogen and oxygen atoms in total. The van der Waals surface area contributed by atoms with Crippen molar-refractivity contribution in [1.82, 2.24) is 0 Å². The number of halogens is 1. The van der Waals surface area contributed by atoms with Crippen LogP contribution in [0, 0.1) is 11.8 Å². The molecule has 2 unspecified atom stereocenters. The molecule has 1 aromatic carbocycles. The van der Waals surface area contributed by atoms with Gasteiger partial charge in [-0.25, -0.2) is 0 Å². The summed E-state index contributed by atoms with van der Waals surface area (Å²) in [6, 6.07) is 6.16. The maximum atomic E-state index is 6.31. The number of hydrogen-bond acceptors (Lipinski definition) is 2. The van der Waals surface area contributed by atoms with Crippen LogP contribution in [0.3, 0.4) is 0 Å². The van der Waals surface area contributed by atoms with Crippen molar-refractivity contribution >= 4 is 17.3 Å². The van der Waals surface area contributed by atoms with Gasteiger partial charge in [-0.3, -0.25) is 0 Å². The smallest absolute Gasteiger partial charge is 0.0642 e. The Kier molecular flexibility index (Phi) is 3.64. The zero-order valence-corrected chi connectivity index (χ0v) is 11.5. The number of hydrogen-bond donors (Lipinski definition) is 1. The second-order valence-electron chi connectivity index (χ2n) is 5.35. The molecule has 1 aromatic rings. The molecule has 0 aliphatic heterocycles. The SMILES string of the molecule is CC1CC1CN(C)c1ccc([C@H](C)N)cc1Cl. The average Bonchev–Trinajstić information content (AvgIpc) is 2.93. The summed E-state index contributed by atoms with van der Waals surface area (Å²) in [5.74, 6) is 1.71. The van der Waals surface area contributed by atoms with E-state index in [4.69, 9.17) is 17.3 Å². The molecule has 2 rings (SSSR count). The third-order valence-electron chi connectivity index (χ3n) is 3.69. The van der Waals surface area contributed by atoms with E-state index in [9.17, 15) is 0 Å². The van der Waals surface area contributed by atoms with Crippen molar-refractivity contribution in [3.05, 3.63) is 28.8 Å². The summed E-state index contributed by atoms with van der Waals surface area (Å²) in [7, 11) is 2.11. The highest BCUT2D eigenvalue weighted by Gasteiger charge is 2.33. The summed E-state index contributed by atoms with van der Waals surface area (Å²) in [5, 5.41) is 0.801. The number of nitrogens with two attached hydrogens (primary N) is 1. The van der Waals surface area contributed by atoms with Gasteiger partial charge in [0.1, 0.15) is 0 Å². The molecule has 0 amide bonds. The molecule has 0 spiro atoms. The average molecular weight is 253 g/mol. The van der Waals surface area contributed by atoms with Gasteiger partial charge in [0, 0.05) is 19.6 Å². The van der Waals surface area contributed by atoms with E-state index in [-0.39, 0.29) is 6.04 Å². The Hall–Kier alpha value is -0.730. The minimum Gasteiger partial charge on any atom is -0.373 e. The molecule has 1 saturated carbocycles. The highest BCUT2D eigenvalue weighted by Crippen LogP contribution is 2.39. The number of anilines is 1. The molecule has 1 aliphatic rings. The van der Waals surface area contributed by atoms with Crippen LogP contribution in [0.2, 0.25) is 5.02 Å². The summed E-state index contributed by atoms with van der Waals surface area (Å²) in [5.41, 5.74) is 8.04. The van der Waals surface area contributed by atoms with Gasteiger partial charge in [0.2, 0.25) is 0 Å². The van der Waals surface area contributed by atoms with Gasteiger partial charge in [0.25, 0.3) is 0 Å². The molecular weight excluding hydrogens is 232 g/mol. The fourth-order valence-corrected chi connectivity index (χ4v) is 2.55. The van der Waals surface area contributed by atoms with Crippen LogP contribution >= 0.6 is 11.6 Å². The minimum absolute atomic E-state index is 0.0373. The molecule has 0 radical (unpaired) electrons. The predicted octanol–water partition coefficient (Wildman–Crippen LogP) is 3.45. The fourth-order valence-electron chi connectivity index (χ4n) is 2.22. The highest BCUT2D eigenvalue weighted by molar-refractivity contribution is 6.33. The third kappa shape index (κ3) is 2.93. The minimum atomic E-state index is 0.0373. The van der Waals surface area contributed by atoms with Crippen molar-refractivity contribution in [2.45, 2.75) is 26.3 Å². The molecule has 0 bridgehead atoms. The predicted molar refractivity (Wildman–Crippen MR) is 74.6 cm³/mol. The Bertz CT molecular complexity index is 403. The zero-order chi connectivity index (χ0) is 12.6. The van der Waals surface area contributed by atoms with E-state index in [0.717, 1.165) is 34.7 Å². The van der Waals surface area contributed by atoms with Crippen molar-refractivity contribution in [2.24, 2.45) is 17.6 Å². The van der Waals surface area contributed by atoms with Gasteiger partial charge in [0.05, 0.1) is 10.7 Å². The van der Waals surface area contributed by atoms with Gasteiger partial charge >= 0.3 is 0 Å². The molecule has 0 aromatic heterocycles. The molecule has 3 atom stereocenters. The first kappa shape index (κ1) is 12.7. The summed E-state index contributed by atoms with van der Waals surface area (Å²) in [6.07, 6.45) is 1.35. The van der Waals surface area contributed by atoms with Gasteiger partial charge in [-0.05, 0) is 42.9 Å². The normalized spacial score (nSPS) is 24.5. The molecule has 0 heterocycles. The van der Waals surface area contributed by atoms with Crippen LogP contribution in [0.5, 0.6) is 0 Å². The maximum absolute atomic E-state index is 6.31. The lowest BCUT2D eigenvalue weighted by atomic mass is 10.1. The molecule has 17 heavy (non-hydrogen) atoms. The van der Waals surface area contributed by atoms with E-state index in [1.165, 1.54) is 6.42 Å². The lowest BCUT2D eigenvalue weighted by Crippen LogP contribution is -2.21. The van der Waals surface area contributed by atoms with Gasteiger partial charge < -0.3 is 10.6 Å². The van der Waals surface area contributed by atoms with Crippen LogP contribution in [0.15, 0.2) is 18.2 Å². The summed E-state index contributed by atoms with van der Waals surface area (Å²) in [4.78, 5) is 2.25. The van der Waals surface area contributed by atoms with Crippen LogP contribution in [-0.4, -0.2) is 13.6 Å². The van der Waals surface area contributed by atoms with Crippen LogP contribution in [0.4, 0.5) is 5.69 Å². The third-order valence-corrected chi connectivity index (χ3v) is 4.00. The van der Waals surface area contributed by atoms with Gasteiger partial charge in [-0.15, -0.1) is 0 Å². The standard InChI is InChI=1S/C14H21ClN2/c1-9-6-12(9)8-17(3)14-5-4-11(10(2)16)7-13(14)15/h4-5,7,9-10,12H,6,8,16H2,1-3H3/t9?,10-,12?/m0/s1. The van der Waals surface area contributed by atoms with E-state index in [2.05, 4.69) is 31.0 Å². The number of nitrogens with zero attached hydrogens (tertiary/aromatic N) is 1. The first-order valence-electron chi connectivity index (χ1n) is 6.25. The first-order chi connectivity index (χ1) is 7.99. The van der Waals surface area contributed by atoms with Crippen molar-refractivity contribution in [1.29, 1.82) is 0 Å². The van der Waals surface area contributed by atoms with Crippen LogP contribution < -0.4 is 10.6 Å². The van der Waals surface area contributed by atoms with Gasteiger partial charge in [0.15, 0.2) is 0 Å². The second kappa shape index (κ2) is 4.87. The number of benzene rings is 1. The fraction of sp³-hybridized carbons (Fsp3) is 0.571. The quantitative estimate of drug-likeness (QED) is 0.889. The Labute approximate surface area is 109 Å². The molecule has 0 saturated heterocycles. The number of rotatable bonds is 4. The van der Waals surface area contributed by atoms with Crippen molar-refractivity contribution in [3.8, 4) is 0 Å². The zero-order valence-electron chi connectivity index (χ0n) is 10.8. The van der Waals surface area contributed by atoms with Crippen molar-refractivity contribution < 1.29 is 0 Å². The summed E-state index contributed by atoms with van der Waals surface area (Å²) in [6.45, 7) is 5.37.